The van der Waals surface area contributed by atoms with Gasteiger partial charge in [-0.15, -0.1) is 0 Å². The summed E-state index contributed by atoms with van der Waals surface area (Å²) in [5.41, 5.74) is 10.3. The minimum absolute atomic E-state index is 0.0207. The van der Waals surface area contributed by atoms with Crippen LogP contribution in [0.2, 0.25) is 0 Å². The van der Waals surface area contributed by atoms with E-state index in [-0.39, 0.29) is 6.04 Å². The smallest absolute Gasteiger partial charge is 0.0456 e. The van der Waals surface area contributed by atoms with E-state index in [4.69, 9.17) is 5.73 Å². The Morgan fingerprint density at radius 1 is 1.45 bits per heavy atom. The summed E-state index contributed by atoms with van der Waals surface area (Å²) < 4.78 is 0. The van der Waals surface area contributed by atoms with Gasteiger partial charge in [0.05, 0.1) is 0 Å². The zero-order chi connectivity index (χ0) is 15.0. The molecule has 1 aromatic carbocycles. The number of aryl methyl sites for hydroxylation is 1. The molecule has 1 unspecified atom stereocenters. The van der Waals surface area contributed by atoms with Gasteiger partial charge >= 0.3 is 0 Å². The maximum atomic E-state index is 5.97. The van der Waals surface area contributed by atoms with Crippen LogP contribution >= 0.6 is 0 Å². The first-order chi connectivity index (χ1) is 9.60. The highest BCUT2D eigenvalue weighted by Crippen LogP contribution is 2.22. The number of benzene rings is 1. The molecule has 0 aliphatic carbocycles. The molecule has 0 fully saturated rings. The summed E-state index contributed by atoms with van der Waals surface area (Å²) in [6.45, 7) is 11.8. The van der Waals surface area contributed by atoms with Crippen molar-refractivity contribution in [3.05, 3.63) is 72.5 Å². The lowest BCUT2D eigenvalue weighted by molar-refractivity contribution is 0.758. The zero-order valence-corrected chi connectivity index (χ0v) is 12.4. The summed E-state index contributed by atoms with van der Waals surface area (Å²) in [5, 5.41) is 3.26. The van der Waals surface area contributed by atoms with E-state index in [0.717, 1.165) is 23.2 Å². The second kappa shape index (κ2) is 8.18. The van der Waals surface area contributed by atoms with Crippen molar-refractivity contribution in [3.8, 4) is 0 Å². The van der Waals surface area contributed by atoms with Crippen molar-refractivity contribution in [2.24, 2.45) is 5.73 Å². The normalized spacial score (nSPS) is 12.8. The van der Waals surface area contributed by atoms with E-state index in [1.165, 1.54) is 5.56 Å². The molecule has 0 aromatic heterocycles. The standard InChI is InChI=1S/C18H24N2/c1-5-7-13-20-18-10-8-9-14(3)16(18)12-11-15(4)17(19)6-2/h5,7-13,17,20H,1,4,6,19H2,2-3H3/b12-11-,13-7-. The number of hydrogen-bond donors (Lipinski definition) is 2. The molecule has 0 heterocycles. The Morgan fingerprint density at radius 3 is 2.85 bits per heavy atom. The third-order valence-electron chi connectivity index (χ3n) is 3.18. The average Bonchev–Trinajstić information content (AvgIpc) is 2.45. The summed E-state index contributed by atoms with van der Waals surface area (Å²) in [4.78, 5) is 0. The molecule has 0 amide bonds. The number of nitrogens with two attached hydrogens (primary N) is 1. The molecule has 1 rings (SSSR count). The number of hydrogen-bond acceptors (Lipinski definition) is 2. The third-order valence-corrected chi connectivity index (χ3v) is 3.18. The monoisotopic (exact) mass is 268 g/mol. The van der Waals surface area contributed by atoms with Crippen molar-refractivity contribution >= 4 is 11.8 Å². The predicted molar refractivity (Wildman–Crippen MR) is 90.6 cm³/mol. The van der Waals surface area contributed by atoms with E-state index in [1.807, 2.05) is 30.5 Å². The Labute approximate surface area is 122 Å². The van der Waals surface area contributed by atoms with Crippen molar-refractivity contribution in [2.75, 3.05) is 5.32 Å². The van der Waals surface area contributed by atoms with Crippen LogP contribution in [0.25, 0.3) is 6.08 Å². The lowest BCUT2D eigenvalue weighted by Gasteiger charge is -2.11. The lowest BCUT2D eigenvalue weighted by atomic mass is 10.0. The summed E-state index contributed by atoms with van der Waals surface area (Å²) in [6, 6.07) is 6.18. The van der Waals surface area contributed by atoms with Crippen LogP contribution < -0.4 is 11.1 Å². The maximum absolute atomic E-state index is 5.97. The number of rotatable bonds is 7. The molecule has 0 aliphatic heterocycles. The molecule has 106 valence electrons. The molecule has 1 atom stereocenters. The van der Waals surface area contributed by atoms with Gasteiger partial charge in [0.1, 0.15) is 0 Å². The fourth-order valence-electron chi connectivity index (χ4n) is 1.81. The largest absolute Gasteiger partial charge is 0.361 e. The van der Waals surface area contributed by atoms with E-state index in [1.54, 1.807) is 6.08 Å². The molecular formula is C18H24N2. The van der Waals surface area contributed by atoms with Crippen LogP contribution in [-0.4, -0.2) is 6.04 Å². The molecule has 0 saturated carbocycles. The first-order valence-electron chi connectivity index (χ1n) is 6.86. The quantitative estimate of drug-likeness (QED) is 0.719. The van der Waals surface area contributed by atoms with E-state index >= 15 is 0 Å². The molecule has 0 bridgehead atoms. The molecule has 20 heavy (non-hydrogen) atoms. The molecular weight excluding hydrogens is 244 g/mol. The number of nitrogens with one attached hydrogen (secondary N) is 1. The second-order valence-corrected chi connectivity index (χ2v) is 4.70. The van der Waals surface area contributed by atoms with Crippen LogP contribution in [0.1, 0.15) is 24.5 Å². The Kier molecular flexibility index (Phi) is 6.54. The predicted octanol–water partition coefficient (Wildman–Crippen LogP) is 4.41. The first-order valence-corrected chi connectivity index (χ1v) is 6.86. The molecule has 0 saturated heterocycles. The molecule has 0 aliphatic rings. The van der Waals surface area contributed by atoms with Gasteiger partial charge in [-0.2, -0.15) is 0 Å². The summed E-state index contributed by atoms with van der Waals surface area (Å²) in [6.07, 6.45) is 10.4. The fourth-order valence-corrected chi connectivity index (χ4v) is 1.81. The van der Waals surface area contributed by atoms with Crippen LogP contribution in [-0.2, 0) is 0 Å². The van der Waals surface area contributed by atoms with Gasteiger partial charge in [0.15, 0.2) is 0 Å². The van der Waals surface area contributed by atoms with Crippen LogP contribution in [0, 0.1) is 6.92 Å². The van der Waals surface area contributed by atoms with Gasteiger partial charge in [-0.05, 0) is 36.6 Å². The van der Waals surface area contributed by atoms with Crippen molar-refractivity contribution in [1.82, 2.24) is 0 Å². The van der Waals surface area contributed by atoms with Crippen LogP contribution in [0.4, 0.5) is 5.69 Å². The van der Waals surface area contributed by atoms with Crippen molar-refractivity contribution in [2.45, 2.75) is 26.3 Å². The Hall–Kier alpha value is -2.06. The van der Waals surface area contributed by atoms with E-state index in [9.17, 15) is 0 Å². The van der Waals surface area contributed by atoms with Crippen LogP contribution in [0.5, 0.6) is 0 Å². The van der Waals surface area contributed by atoms with Gasteiger partial charge in [-0.3, -0.25) is 0 Å². The number of allylic oxidation sites excluding steroid dienone is 2. The second-order valence-electron chi connectivity index (χ2n) is 4.70. The maximum Gasteiger partial charge on any atom is 0.0456 e. The Morgan fingerprint density at radius 2 is 2.20 bits per heavy atom. The first kappa shape index (κ1) is 16.0. The highest BCUT2D eigenvalue weighted by Gasteiger charge is 2.03. The summed E-state index contributed by atoms with van der Waals surface area (Å²) in [7, 11) is 0. The van der Waals surface area contributed by atoms with Gasteiger partial charge in [0.2, 0.25) is 0 Å². The SMILES string of the molecule is C=C/C=C\Nc1cccc(C)c1/C=C\C(=C)C(N)CC. The topological polar surface area (TPSA) is 38.0 Å². The van der Waals surface area contributed by atoms with E-state index in [0.29, 0.717) is 0 Å². The average molecular weight is 268 g/mol. The lowest BCUT2D eigenvalue weighted by Crippen LogP contribution is -2.19. The van der Waals surface area contributed by atoms with Crippen molar-refractivity contribution in [1.29, 1.82) is 0 Å². The fraction of sp³-hybridized carbons (Fsp3) is 0.222. The minimum atomic E-state index is 0.0207. The molecule has 3 N–H and O–H groups in total. The summed E-state index contributed by atoms with van der Waals surface area (Å²) in [5.74, 6) is 0. The molecule has 0 radical (unpaired) electrons. The Bertz CT molecular complexity index is 524. The van der Waals surface area contributed by atoms with Gasteiger partial charge in [0.25, 0.3) is 0 Å². The van der Waals surface area contributed by atoms with Gasteiger partial charge < -0.3 is 11.1 Å². The van der Waals surface area contributed by atoms with Gasteiger partial charge in [-0.25, -0.2) is 0 Å². The zero-order valence-electron chi connectivity index (χ0n) is 12.4. The van der Waals surface area contributed by atoms with E-state index < -0.39 is 0 Å². The molecule has 2 heteroatoms. The van der Waals surface area contributed by atoms with Crippen molar-refractivity contribution < 1.29 is 0 Å². The molecule has 1 aromatic rings. The minimum Gasteiger partial charge on any atom is -0.361 e. The Balaban J connectivity index is 2.98. The van der Waals surface area contributed by atoms with Crippen molar-refractivity contribution in [3.63, 3.8) is 0 Å². The summed E-state index contributed by atoms with van der Waals surface area (Å²) >= 11 is 0. The van der Waals surface area contributed by atoms with Gasteiger partial charge in [-0.1, -0.05) is 50.4 Å². The molecule has 2 nitrogen and oxygen atoms in total. The third kappa shape index (κ3) is 4.56. The highest BCUT2D eigenvalue weighted by atomic mass is 14.8. The molecule has 0 spiro atoms. The number of anilines is 1. The van der Waals surface area contributed by atoms with Crippen LogP contribution in [0.15, 0.2) is 61.4 Å². The van der Waals surface area contributed by atoms with Gasteiger partial charge in [0, 0.05) is 23.5 Å². The van der Waals surface area contributed by atoms with Crippen LogP contribution in [0.3, 0.4) is 0 Å². The van der Waals surface area contributed by atoms with E-state index in [2.05, 4.69) is 44.5 Å². The highest BCUT2D eigenvalue weighted by molar-refractivity contribution is 5.71.